The molecule has 7 nitrogen and oxygen atoms in total. The van der Waals surface area contributed by atoms with Crippen molar-refractivity contribution < 1.29 is 30.7 Å². The maximum absolute atomic E-state index is 9.05. The van der Waals surface area contributed by atoms with Crippen LogP contribution in [0.15, 0.2) is 5.16 Å². The number of aliphatic hydroxyl groups is 5. The van der Waals surface area contributed by atoms with Crippen molar-refractivity contribution in [2.75, 3.05) is 6.61 Å². The molecular weight excluding hydrogens is 182 g/mol. The maximum atomic E-state index is 9.05. The van der Waals surface area contributed by atoms with Gasteiger partial charge in [0.15, 0.2) is 0 Å². The van der Waals surface area contributed by atoms with Crippen molar-refractivity contribution in [3.05, 3.63) is 0 Å². The van der Waals surface area contributed by atoms with E-state index in [4.69, 9.17) is 30.7 Å². The number of aliphatic hydroxyl groups excluding tert-OH is 5. The first-order valence-electron chi connectivity index (χ1n) is 3.55. The highest BCUT2D eigenvalue weighted by Gasteiger charge is 2.29. The van der Waals surface area contributed by atoms with Gasteiger partial charge in [0.2, 0.25) is 0 Å². The van der Waals surface area contributed by atoms with Crippen LogP contribution in [0.25, 0.3) is 0 Å². The minimum atomic E-state index is -1.72. The molecule has 0 aromatic rings. The van der Waals surface area contributed by atoms with E-state index >= 15 is 0 Å². The smallest absolute Gasteiger partial charge is 0.121 e. The van der Waals surface area contributed by atoms with Crippen molar-refractivity contribution in [2.24, 2.45) is 5.16 Å². The summed E-state index contributed by atoms with van der Waals surface area (Å²) in [6, 6.07) is 0. The van der Waals surface area contributed by atoms with Crippen LogP contribution in [0.4, 0.5) is 0 Å². The molecule has 0 heterocycles. The average Bonchev–Trinajstić information content (AvgIpc) is 2.14. The molecule has 6 N–H and O–H groups in total. The molecule has 0 saturated carbocycles. The Morgan fingerprint density at radius 2 is 1.62 bits per heavy atom. The topological polar surface area (TPSA) is 134 Å². The molecule has 78 valence electrons. The Kier molecular flexibility index (Phi) is 5.51. The molecule has 7 heteroatoms. The second-order valence-corrected chi connectivity index (χ2v) is 2.49. The summed E-state index contributed by atoms with van der Waals surface area (Å²) in [7, 11) is 0. The summed E-state index contributed by atoms with van der Waals surface area (Å²) in [6.45, 7) is -0.749. The fourth-order valence-corrected chi connectivity index (χ4v) is 0.694. The Morgan fingerprint density at radius 3 is 2.00 bits per heavy atom. The van der Waals surface area contributed by atoms with Gasteiger partial charge in [0, 0.05) is 0 Å². The number of rotatable bonds is 5. The third kappa shape index (κ3) is 3.66. The highest BCUT2D eigenvalue weighted by Crippen LogP contribution is 2.03. The van der Waals surface area contributed by atoms with Crippen LogP contribution in [-0.2, 0) is 0 Å². The minimum absolute atomic E-state index is 0.581. The average molecular weight is 195 g/mol. The van der Waals surface area contributed by atoms with Crippen molar-refractivity contribution in [3.63, 3.8) is 0 Å². The summed E-state index contributed by atoms with van der Waals surface area (Å²) < 4.78 is 0. The second-order valence-electron chi connectivity index (χ2n) is 2.49. The van der Waals surface area contributed by atoms with E-state index in [0.29, 0.717) is 6.21 Å². The molecule has 0 rings (SSSR count). The van der Waals surface area contributed by atoms with Crippen molar-refractivity contribution in [2.45, 2.75) is 24.4 Å². The van der Waals surface area contributed by atoms with Crippen molar-refractivity contribution in [1.29, 1.82) is 0 Å². The van der Waals surface area contributed by atoms with Crippen molar-refractivity contribution in [1.82, 2.24) is 0 Å². The van der Waals surface area contributed by atoms with E-state index < -0.39 is 31.0 Å². The van der Waals surface area contributed by atoms with Gasteiger partial charge in [-0.3, -0.25) is 0 Å². The molecular formula is C6H13NO6. The molecule has 13 heavy (non-hydrogen) atoms. The molecule has 4 atom stereocenters. The zero-order valence-corrected chi connectivity index (χ0v) is 6.72. The first-order valence-corrected chi connectivity index (χ1v) is 3.55. The molecule has 0 aliphatic rings. The highest BCUT2D eigenvalue weighted by molar-refractivity contribution is 5.62. The molecule has 0 aliphatic carbocycles. The number of hydrogen-bond donors (Lipinski definition) is 6. The Balaban J connectivity index is 4.15. The molecule has 0 bridgehead atoms. The van der Waals surface area contributed by atoms with Crippen LogP contribution in [0.3, 0.4) is 0 Å². The van der Waals surface area contributed by atoms with Gasteiger partial charge in [-0.1, -0.05) is 5.16 Å². The molecule has 0 amide bonds. The molecule has 0 aromatic carbocycles. The lowest BCUT2D eigenvalue weighted by Crippen LogP contribution is -2.46. The van der Waals surface area contributed by atoms with Crippen LogP contribution in [0.1, 0.15) is 0 Å². The van der Waals surface area contributed by atoms with Gasteiger partial charge in [0.05, 0.1) is 12.8 Å². The first kappa shape index (κ1) is 12.3. The van der Waals surface area contributed by atoms with Gasteiger partial charge in [0.25, 0.3) is 0 Å². The summed E-state index contributed by atoms with van der Waals surface area (Å²) >= 11 is 0. The Bertz CT molecular complexity index is 163. The van der Waals surface area contributed by atoms with E-state index in [2.05, 4.69) is 5.16 Å². The fourth-order valence-electron chi connectivity index (χ4n) is 0.694. The highest BCUT2D eigenvalue weighted by atomic mass is 16.4. The molecule has 0 radical (unpaired) electrons. The molecule has 0 aliphatic heterocycles. The second kappa shape index (κ2) is 5.84. The van der Waals surface area contributed by atoms with Gasteiger partial charge in [-0.2, -0.15) is 0 Å². The zero-order chi connectivity index (χ0) is 10.4. The summed E-state index contributed by atoms with van der Waals surface area (Å²) in [5.41, 5.74) is 0. The van der Waals surface area contributed by atoms with Crippen LogP contribution in [0.5, 0.6) is 0 Å². The summed E-state index contributed by atoms with van der Waals surface area (Å²) in [5.74, 6) is 0. The number of nitrogens with zero attached hydrogens (tertiary/aromatic N) is 1. The zero-order valence-electron chi connectivity index (χ0n) is 6.72. The maximum Gasteiger partial charge on any atom is 0.121 e. The molecule has 0 fully saturated rings. The lowest BCUT2D eigenvalue weighted by molar-refractivity contribution is -0.100. The van der Waals surface area contributed by atoms with Gasteiger partial charge in [0.1, 0.15) is 24.4 Å². The summed E-state index contributed by atoms with van der Waals surface area (Å²) in [6.07, 6.45) is -6.02. The minimum Gasteiger partial charge on any atom is -0.411 e. The quantitative estimate of drug-likeness (QED) is 0.156. The lowest BCUT2D eigenvalue weighted by atomic mass is 10.0. The van der Waals surface area contributed by atoms with E-state index in [0.717, 1.165) is 0 Å². The third-order valence-electron chi connectivity index (χ3n) is 1.50. The number of hydrogen-bond acceptors (Lipinski definition) is 7. The number of oxime groups is 1. The van der Waals surface area contributed by atoms with Gasteiger partial charge in [-0.25, -0.2) is 0 Å². The van der Waals surface area contributed by atoms with E-state index in [1.807, 2.05) is 0 Å². The van der Waals surface area contributed by atoms with Crippen LogP contribution in [0, 0.1) is 0 Å². The Hall–Kier alpha value is -0.730. The standard InChI is InChI=1S/C6H13NO6/c8-2-4(10)6(12)5(11)3(9)1-7-13/h1,3-6,8-13H,2H2/b7-1+/t3-,4-,5-,6+/m1/s1. The largest absolute Gasteiger partial charge is 0.411 e. The molecule has 0 aromatic heterocycles. The monoisotopic (exact) mass is 195 g/mol. The van der Waals surface area contributed by atoms with E-state index in [1.54, 1.807) is 0 Å². The van der Waals surface area contributed by atoms with Gasteiger partial charge in [-0.15, -0.1) is 0 Å². The normalized spacial score (nSPS) is 21.3. The first-order chi connectivity index (χ1) is 6.04. The Morgan fingerprint density at radius 1 is 1.08 bits per heavy atom. The van der Waals surface area contributed by atoms with Crippen LogP contribution >= 0.6 is 0 Å². The van der Waals surface area contributed by atoms with Gasteiger partial charge in [-0.05, 0) is 0 Å². The molecule has 0 unspecified atom stereocenters. The predicted octanol–water partition coefficient (Wildman–Crippen LogP) is -3.12. The Labute approximate surface area is 74.2 Å². The van der Waals surface area contributed by atoms with Crippen LogP contribution in [0.2, 0.25) is 0 Å². The van der Waals surface area contributed by atoms with Gasteiger partial charge >= 0.3 is 0 Å². The van der Waals surface area contributed by atoms with Crippen LogP contribution < -0.4 is 0 Å². The molecule has 0 saturated heterocycles. The fraction of sp³-hybridized carbons (Fsp3) is 0.833. The molecule has 0 spiro atoms. The van der Waals surface area contributed by atoms with E-state index in [1.165, 1.54) is 0 Å². The SMILES string of the molecule is OC[C@@H](O)[C@H](O)[C@H](O)[C@H](O)/C=N/O. The van der Waals surface area contributed by atoms with E-state index in [9.17, 15) is 0 Å². The predicted molar refractivity (Wildman–Crippen MR) is 41.4 cm³/mol. The summed E-state index contributed by atoms with van der Waals surface area (Å²) in [5, 5.41) is 54.6. The van der Waals surface area contributed by atoms with Crippen molar-refractivity contribution in [3.8, 4) is 0 Å². The van der Waals surface area contributed by atoms with Crippen LogP contribution in [-0.4, -0.2) is 68.0 Å². The van der Waals surface area contributed by atoms with E-state index in [-0.39, 0.29) is 0 Å². The van der Waals surface area contributed by atoms with Crippen molar-refractivity contribution >= 4 is 6.21 Å². The lowest BCUT2D eigenvalue weighted by Gasteiger charge is -2.23. The third-order valence-corrected chi connectivity index (χ3v) is 1.50. The summed E-state index contributed by atoms with van der Waals surface area (Å²) in [4.78, 5) is 0. The van der Waals surface area contributed by atoms with Gasteiger partial charge < -0.3 is 30.7 Å².